The van der Waals surface area contributed by atoms with Gasteiger partial charge in [0.15, 0.2) is 5.75 Å². The smallest absolute Gasteiger partial charge is 0.311 e. The summed E-state index contributed by atoms with van der Waals surface area (Å²) in [6, 6.07) is 4.01. The number of benzene rings is 1. The highest BCUT2D eigenvalue weighted by Gasteiger charge is 2.12. The van der Waals surface area contributed by atoms with E-state index in [1.54, 1.807) is 0 Å². The van der Waals surface area contributed by atoms with Gasteiger partial charge in [0.25, 0.3) is 0 Å². The van der Waals surface area contributed by atoms with Gasteiger partial charge in [-0.1, -0.05) is 11.8 Å². The summed E-state index contributed by atoms with van der Waals surface area (Å²) >= 11 is 0. The van der Waals surface area contributed by atoms with Crippen LogP contribution in [0, 0.1) is 22.0 Å². The molecule has 0 unspecified atom stereocenters. The fourth-order valence-electron chi connectivity index (χ4n) is 0.984. The van der Waals surface area contributed by atoms with Crippen LogP contribution in [0.15, 0.2) is 18.2 Å². The zero-order valence-electron chi connectivity index (χ0n) is 7.93. The van der Waals surface area contributed by atoms with E-state index in [1.165, 1.54) is 18.2 Å². The van der Waals surface area contributed by atoms with Crippen LogP contribution in [0.25, 0.3) is 0 Å². The average molecular weight is 206 g/mol. The van der Waals surface area contributed by atoms with Crippen molar-refractivity contribution in [3.63, 3.8) is 0 Å². The minimum absolute atomic E-state index is 0.338. The first-order valence-corrected chi connectivity index (χ1v) is 4.31. The molecule has 5 heteroatoms. The van der Waals surface area contributed by atoms with Crippen LogP contribution in [-0.2, 0) is 0 Å². The van der Waals surface area contributed by atoms with Gasteiger partial charge < -0.3 is 10.8 Å². The standard InChI is InChI=1S/C10H10N2O3/c11-6-2-1-3-8-4-5-10(13)9(7-8)12(14)15/h4-5,7,13H,2,6,11H2. The van der Waals surface area contributed by atoms with Gasteiger partial charge in [-0.2, -0.15) is 0 Å². The zero-order chi connectivity index (χ0) is 11.3. The van der Waals surface area contributed by atoms with Gasteiger partial charge in [0.05, 0.1) is 4.92 Å². The Hall–Kier alpha value is -2.06. The second kappa shape index (κ2) is 4.98. The van der Waals surface area contributed by atoms with E-state index in [9.17, 15) is 10.1 Å². The molecule has 15 heavy (non-hydrogen) atoms. The summed E-state index contributed by atoms with van der Waals surface area (Å²) in [5, 5.41) is 19.6. The van der Waals surface area contributed by atoms with E-state index < -0.39 is 4.92 Å². The Balaban J connectivity index is 2.99. The Morgan fingerprint density at radius 2 is 2.27 bits per heavy atom. The molecule has 5 nitrogen and oxygen atoms in total. The van der Waals surface area contributed by atoms with Crippen LogP contribution in [-0.4, -0.2) is 16.6 Å². The fraction of sp³-hybridized carbons (Fsp3) is 0.200. The molecule has 0 aliphatic heterocycles. The first kappa shape index (κ1) is 11.0. The third-order valence-corrected chi connectivity index (χ3v) is 1.67. The molecule has 0 aliphatic carbocycles. The van der Waals surface area contributed by atoms with E-state index in [-0.39, 0.29) is 11.4 Å². The first-order chi connectivity index (χ1) is 7.15. The third kappa shape index (κ3) is 2.97. The predicted molar refractivity (Wildman–Crippen MR) is 55.3 cm³/mol. The number of phenols is 1. The Morgan fingerprint density at radius 1 is 1.53 bits per heavy atom. The van der Waals surface area contributed by atoms with Gasteiger partial charge >= 0.3 is 5.69 Å². The van der Waals surface area contributed by atoms with Gasteiger partial charge in [0.2, 0.25) is 0 Å². The maximum absolute atomic E-state index is 10.5. The third-order valence-electron chi connectivity index (χ3n) is 1.67. The largest absolute Gasteiger partial charge is 0.502 e. The highest BCUT2D eigenvalue weighted by molar-refractivity contribution is 5.51. The molecule has 1 aromatic carbocycles. The zero-order valence-corrected chi connectivity index (χ0v) is 7.93. The van der Waals surface area contributed by atoms with Gasteiger partial charge in [-0.05, 0) is 12.1 Å². The van der Waals surface area contributed by atoms with E-state index in [2.05, 4.69) is 11.8 Å². The van der Waals surface area contributed by atoms with Crippen LogP contribution in [0.4, 0.5) is 5.69 Å². The highest BCUT2D eigenvalue weighted by Crippen LogP contribution is 2.25. The Labute approximate surface area is 86.7 Å². The van der Waals surface area contributed by atoms with Crippen molar-refractivity contribution in [2.24, 2.45) is 5.73 Å². The number of hydrogen-bond acceptors (Lipinski definition) is 4. The summed E-state index contributed by atoms with van der Waals surface area (Å²) in [6.07, 6.45) is 0.536. The molecule has 1 aromatic rings. The number of nitro groups is 1. The van der Waals surface area contributed by atoms with Gasteiger partial charge in [0.1, 0.15) is 0 Å². The van der Waals surface area contributed by atoms with E-state index >= 15 is 0 Å². The van der Waals surface area contributed by atoms with E-state index in [1.807, 2.05) is 0 Å². The average Bonchev–Trinajstić information content (AvgIpc) is 2.20. The first-order valence-electron chi connectivity index (χ1n) is 4.31. The number of rotatable bonds is 2. The predicted octanol–water partition coefficient (Wildman–Crippen LogP) is 1.00. The monoisotopic (exact) mass is 206 g/mol. The van der Waals surface area contributed by atoms with Crippen molar-refractivity contribution in [3.8, 4) is 17.6 Å². The second-order valence-electron chi connectivity index (χ2n) is 2.80. The maximum Gasteiger partial charge on any atom is 0.311 e. The number of phenolic OH excluding ortho intramolecular Hbond substituents is 1. The normalized spacial score (nSPS) is 9.13. The van der Waals surface area contributed by atoms with Gasteiger partial charge in [0, 0.05) is 24.6 Å². The van der Waals surface area contributed by atoms with Crippen LogP contribution in [0.2, 0.25) is 0 Å². The van der Waals surface area contributed by atoms with E-state index in [0.29, 0.717) is 18.5 Å². The summed E-state index contributed by atoms with van der Waals surface area (Å²) in [5.41, 5.74) is 5.40. The minimum atomic E-state index is -0.649. The molecular weight excluding hydrogens is 196 g/mol. The lowest BCUT2D eigenvalue weighted by atomic mass is 10.2. The molecular formula is C10H10N2O3. The fourth-order valence-corrected chi connectivity index (χ4v) is 0.984. The van der Waals surface area contributed by atoms with Gasteiger partial charge in [-0.3, -0.25) is 10.1 Å². The van der Waals surface area contributed by atoms with Crippen molar-refractivity contribution in [2.45, 2.75) is 6.42 Å². The molecule has 0 atom stereocenters. The molecule has 0 saturated heterocycles. The van der Waals surface area contributed by atoms with Gasteiger partial charge in [-0.25, -0.2) is 0 Å². The molecule has 3 N–H and O–H groups in total. The van der Waals surface area contributed by atoms with E-state index in [4.69, 9.17) is 10.8 Å². The molecule has 0 fully saturated rings. The quantitative estimate of drug-likeness (QED) is 0.429. The molecule has 0 amide bonds. The molecule has 0 aliphatic rings. The maximum atomic E-state index is 10.5. The number of nitrogens with zero attached hydrogens (tertiary/aromatic N) is 1. The SMILES string of the molecule is NCCC#Cc1ccc(O)c([N+](=O)[O-])c1. The molecule has 0 aromatic heterocycles. The number of hydrogen-bond donors (Lipinski definition) is 2. The van der Waals surface area contributed by atoms with Crippen molar-refractivity contribution in [1.29, 1.82) is 0 Å². The molecule has 0 radical (unpaired) electrons. The number of nitrogens with two attached hydrogens (primary N) is 1. The Kier molecular flexibility index (Phi) is 3.66. The molecule has 0 saturated carbocycles. The number of nitro benzene ring substituents is 1. The van der Waals surface area contributed by atoms with Crippen LogP contribution in [0.3, 0.4) is 0 Å². The van der Waals surface area contributed by atoms with E-state index in [0.717, 1.165) is 0 Å². The molecule has 0 spiro atoms. The lowest BCUT2D eigenvalue weighted by Crippen LogP contribution is -1.95. The van der Waals surface area contributed by atoms with Crippen molar-refractivity contribution in [3.05, 3.63) is 33.9 Å². The van der Waals surface area contributed by atoms with Crippen molar-refractivity contribution in [1.82, 2.24) is 0 Å². The molecule has 0 bridgehead atoms. The molecule has 78 valence electrons. The summed E-state index contributed by atoms with van der Waals surface area (Å²) in [7, 11) is 0. The van der Waals surface area contributed by atoms with Gasteiger partial charge in [-0.15, -0.1) is 0 Å². The summed E-state index contributed by atoms with van der Waals surface area (Å²) < 4.78 is 0. The Morgan fingerprint density at radius 3 is 2.87 bits per heavy atom. The van der Waals surface area contributed by atoms with Crippen LogP contribution in [0.5, 0.6) is 5.75 Å². The summed E-state index contributed by atoms with van der Waals surface area (Å²) in [6.45, 7) is 0.452. The van der Waals surface area contributed by atoms with Crippen LogP contribution < -0.4 is 5.73 Å². The molecule has 0 heterocycles. The van der Waals surface area contributed by atoms with Crippen molar-refractivity contribution >= 4 is 5.69 Å². The summed E-state index contributed by atoms with van der Waals surface area (Å²) in [4.78, 5) is 9.83. The van der Waals surface area contributed by atoms with Crippen molar-refractivity contribution in [2.75, 3.05) is 6.54 Å². The lowest BCUT2D eigenvalue weighted by Gasteiger charge is -1.95. The topological polar surface area (TPSA) is 89.4 Å². The molecule has 1 rings (SSSR count). The minimum Gasteiger partial charge on any atom is -0.502 e. The van der Waals surface area contributed by atoms with Crippen LogP contribution in [0.1, 0.15) is 12.0 Å². The summed E-state index contributed by atoms with van der Waals surface area (Å²) in [5.74, 6) is 5.12. The lowest BCUT2D eigenvalue weighted by molar-refractivity contribution is -0.385. The van der Waals surface area contributed by atoms with Crippen LogP contribution >= 0.6 is 0 Å². The van der Waals surface area contributed by atoms with Crippen molar-refractivity contribution < 1.29 is 10.0 Å². The number of aromatic hydroxyl groups is 1. The second-order valence-corrected chi connectivity index (χ2v) is 2.80. The highest BCUT2D eigenvalue weighted by atomic mass is 16.6. The Bertz CT molecular complexity index is 432.